The van der Waals surface area contributed by atoms with Crippen LogP contribution in [0.5, 0.6) is 5.75 Å². The summed E-state index contributed by atoms with van der Waals surface area (Å²) >= 11 is 1.57. The lowest BCUT2D eigenvalue weighted by atomic mass is 10.0. The molecule has 2 heterocycles. The summed E-state index contributed by atoms with van der Waals surface area (Å²) in [6.07, 6.45) is 9.70. The zero-order chi connectivity index (χ0) is 29.7. The lowest BCUT2D eigenvalue weighted by Crippen LogP contribution is -2.33. The van der Waals surface area contributed by atoms with E-state index in [2.05, 4.69) is 22.5 Å². The molecule has 10 heteroatoms. The van der Waals surface area contributed by atoms with E-state index in [1.165, 1.54) is 12.8 Å². The van der Waals surface area contributed by atoms with Gasteiger partial charge in [-0.25, -0.2) is 4.98 Å². The van der Waals surface area contributed by atoms with Gasteiger partial charge in [0.1, 0.15) is 17.3 Å². The number of benzene rings is 2. The highest BCUT2D eigenvalue weighted by Gasteiger charge is 2.17. The number of nitrogens with one attached hydrogen (secondary N) is 3. The van der Waals surface area contributed by atoms with Crippen molar-refractivity contribution in [2.75, 3.05) is 19.7 Å². The van der Waals surface area contributed by atoms with Gasteiger partial charge in [0.05, 0.1) is 16.3 Å². The molecule has 9 nitrogen and oxygen atoms in total. The first kappa shape index (κ1) is 30.3. The summed E-state index contributed by atoms with van der Waals surface area (Å²) in [5.41, 5.74) is 4.51. The summed E-state index contributed by atoms with van der Waals surface area (Å²) in [6, 6.07) is 19.1. The fraction of sp³-hybridized carbons (Fsp3) is 0.250. The summed E-state index contributed by atoms with van der Waals surface area (Å²) in [5, 5.41) is 14.7. The zero-order valence-electron chi connectivity index (χ0n) is 23.4. The summed E-state index contributed by atoms with van der Waals surface area (Å²) in [4.78, 5) is 43.7. The van der Waals surface area contributed by atoms with Crippen molar-refractivity contribution >= 4 is 35.2 Å². The van der Waals surface area contributed by atoms with Crippen molar-refractivity contribution in [1.82, 2.24) is 20.6 Å². The number of aliphatic carboxylic acids is 1. The maximum absolute atomic E-state index is 12.1. The van der Waals surface area contributed by atoms with Gasteiger partial charge in [-0.3, -0.25) is 14.4 Å². The Labute approximate surface area is 248 Å². The van der Waals surface area contributed by atoms with Crippen LogP contribution in [0.3, 0.4) is 0 Å². The van der Waals surface area contributed by atoms with Crippen molar-refractivity contribution in [3.05, 3.63) is 78.5 Å². The maximum Gasteiger partial charge on any atom is 0.322 e. The van der Waals surface area contributed by atoms with Crippen LogP contribution in [0.15, 0.2) is 72.9 Å². The van der Waals surface area contributed by atoms with Crippen LogP contribution in [0, 0.1) is 0 Å². The van der Waals surface area contributed by atoms with E-state index in [-0.39, 0.29) is 12.5 Å². The quantitative estimate of drug-likeness (QED) is 0.103. The number of thiazole rings is 1. The molecule has 0 unspecified atom stereocenters. The normalized spacial score (nSPS) is 11.0. The number of aromatic amines is 1. The molecule has 0 aliphatic carbocycles. The number of carboxylic acid groups (broad SMARTS) is 1. The first-order chi connectivity index (χ1) is 20.4. The molecule has 0 fully saturated rings. The molecule has 0 aliphatic heterocycles. The number of carbonyl (C=O) groups is 3. The second kappa shape index (κ2) is 15.3. The van der Waals surface area contributed by atoms with E-state index in [1.54, 1.807) is 29.5 Å². The number of rotatable bonds is 15. The Balaban J connectivity index is 1.47. The van der Waals surface area contributed by atoms with Crippen molar-refractivity contribution in [1.29, 1.82) is 0 Å². The number of carboxylic acids is 1. The maximum atomic E-state index is 12.1. The topological polar surface area (TPSA) is 133 Å². The van der Waals surface area contributed by atoms with E-state index < -0.39 is 18.4 Å². The number of unbranched alkanes of at least 4 members (excludes halogenated alkanes) is 3. The Morgan fingerprint density at radius 2 is 1.74 bits per heavy atom. The van der Waals surface area contributed by atoms with Crippen LogP contribution >= 0.6 is 11.3 Å². The van der Waals surface area contributed by atoms with Gasteiger partial charge in [-0.2, -0.15) is 0 Å². The van der Waals surface area contributed by atoms with E-state index in [1.807, 2.05) is 60.8 Å². The molecule has 4 rings (SSSR count). The fourth-order valence-electron chi connectivity index (χ4n) is 4.11. The molecule has 4 aromatic rings. The van der Waals surface area contributed by atoms with Gasteiger partial charge in [0, 0.05) is 24.4 Å². The number of hydrogen-bond acceptors (Lipinski definition) is 6. The number of carbonyl (C=O) groups excluding carboxylic acids is 2. The number of ether oxygens (including phenoxy) is 1. The van der Waals surface area contributed by atoms with Crippen LogP contribution in [0.2, 0.25) is 0 Å². The number of aromatic nitrogens is 2. The van der Waals surface area contributed by atoms with Crippen molar-refractivity contribution in [3.63, 3.8) is 0 Å². The molecule has 0 saturated heterocycles. The van der Waals surface area contributed by atoms with Crippen LogP contribution in [-0.4, -0.2) is 52.6 Å². The van der Waals surface area contributed by atoms with Crippen LogP contribution in [0.1, 0.15) is 38.2 Å². The van der Waals surface area contributed by atoms with Crippen LogP contribution < -0.4 is 15.4 Å². The molecule has 0 saturated carbocycles. The highest BCUT2D eigenvalue weighted by molar-refractivity contribution is 7.18. The minimum Gasteiger partial charge on any atom is -0.484 e. The van der Waals surface area contributed by atoms with Gasteiger partial charge in [0.2, 0.25) is 5.91 Å². The van der Waals surface area contributed by atoms with E-state index in [0.717, 1.165) is 50.8 Å². The Kier molecular flexibility index (Phi) is 11.1. The number of H-pyrrole nitrogens is 1. The minimum atomic E-state index is -1.12. The molecule has 4 N–H and O–H groups in total. The van der Waals surface area contributed by atoms with Gasteiger partial charge in [-0.1, -0.05) is 50.5 Å². The second-order valence-corrected chi connectivity index (χ2v) is 10.6. The van der Waals surface area contributed by atoms with Gasteiger partial charge < -0.3 is 25.5 Å². The molecule has 42 heavy (non-hydrogen) atoms. The van der Waals surface area contributed by atoms with Crippen molar-refractivity contribution in [3.8, 4) is 38.1 Å². The predicted molar refractivity (Wildman–Crippen MR) is 165 cm³/mol. The lowest BCUT2D eigenvalue weighted by molar-refractivity contribution is -0.138. The molecule has 2 aromatic carbocycles. The molecule has 0 bridgehead atoms. The van der Waals surface area contributed by atoms with Gasteiger partial charge >= 0.3 is 5.97 Å². The second-order valence-electron chi connectivity index (χ2n) is 9.57. The average molecular weight is 587 g/mol. The Bertz CT molecular complexity index is 1490. The van der Waals surface area contributed by atoms with E-state index in [9.17, 15) is 14.4 Å². The van der Waals surface area contributed by atoms with Gasteiger partial charge in [-0.05, 0) is 60.0 Å². The van der Waals surface area contributed by atoms with E-state index >= 15 is 0 Å². The van der Waals surface area contributed by atoms with Crippen LogP contribution in [0.4, 0.5) is 0 Å². The lowest BCUT2D eigenvalue weighted by Gasteiger charge is -2.08. The van der Waals surface area contributed by atoms with Gasteiger partial charge in [0.25, 0.3) is 5.91 Å². The SMILES string of the molecule is CCCCCCNC(=O)/C=C/c1ccc(-c2sc(-c3ccc[nH]3)nc2-c2ccc(OCC(=O)NCC(=O)O)cc2)cc1. The van der Waals surface area contributed by atoms with Gasteiger partial charge in [-0.15, -0.1) is 11.3 Å². The molecule has 2 amide bonds. The molecule has 2 aromatic heterocycles. The third kappa shape index (κ3) is 8.90. The monoisotopic (exact) mass is 586 g/mol. The van der Waals surface area contributed by atoms with Crippen molar-refractivity contribution < 1.29 is 24.2 Å². The minimum absolute atomic E-state index is 0.0933. The summed E-state index contributed by atoms with van der Waals surface area (Å²) < 4.78 is 5.50. The summed E-state index contributed by atoms with van der Waals surface area (Å²) in [7, 11) is 0. The number of nitrogens with zero attached hydrogens (tertiary/aromatic N) is 1. The van der Waals surface area contributed by atoms with E-state index in [0.29, 0.717) is 12.3 Å². The molecule has 0 radical (unpaired) electrons. The summed E-state index contributed by atoms with van der Waals surface area (Å²) in [5.74, 6) is -1.25. The first-order valence-electron chi connectivity index (χ1n) is 13.9. The zero-order valence-corrected chi connectivity index (χ0v) is 24.2. The van der Waals surface area contributed by atoms with Crippen LogP contribution in [-0.2, 0) is 14.4 Å². The predicted octanol–water partition coefficient (Wildman–Crippen LogP) is 5.76. The molecule has 218 valence electrons. The van der Waals surface area contributed by atoms with Crippen molar-refractivity contribution in [2.24, 2.45) is 0 Å². The molecule has 0 spiro atoms. The Hall–Kier alpha value is -4.70. The Morgan fingerprint density at radius 1 is 0.976 bits per heavy atom. The molecule has 0 atom stereocenters. The van der Waals surface area contributed by atoms with E-state index in [4.69, 9.17) is 14.8 Å². The average Bonchev–Trinajstić information content (AvgIpc) is 3.69. The standard InChI is InChI=1S/C32H34N4O5S/c1-2-3-4-5-18-34-27(37)17-10-22-8-11-24(12-9-22)31-30(36-32(42-31)26-7-6-19-33-26)23-13-15-25(16-14-23)41-21-28(38)35-20-29(39)40/h6-17,19,33H,2-5,18,20-21H2,1H3,(H,34,37)(H,35,38)(H,39,40)/b17-10+. The van der Waals surface area contributed by atoms with Crippen LogP contribution in [0.25, 0.3) is 38.5 Å². The Morgan fingerprint density at radius 3 is 2.43 bits per heavy atom. The molecular formula is C32H34N4O5S. The smallest absolute Gasteiger partial charge is 0.322 e. The first-order valence-corrected chi connectivity index (χ1v) is 14.7. The largest absolute Gasteiger partial charge is 0.484 e. The number of amides is 2. The third-order valence-corrected chi connectivity index (χ3v) is 7.46. The highest BCUT2D eigenvalue weighted by atomic mass is 32.1. The molecule has 0 aliphatic rings. The molecular weight excluding hydrogens is 552 g/mol. The summed E-state index contributed by atoms with van der Waals surface area (Å²) in [6.45, 7) is 2.11. The van der Waals surface area contributed by atoms with Crippen molar-refractivity contribution in [2.45, 2.75) is 32.6 Å². The highest BCUT2D eigenvalue weighted by Crippen LogP contribution is 2.40. The third-order valence-electron chi connectivity index (χ3n) is 6.32. The number of hydrogen-bond donors (Lipinski definition) is 4. The fourth-order valence-corrected chi connectivity index (χ4v) is 5.19. The van der Waals surface area contributed by atoms with Gasteiger partial charge in [0.15, 0.2) is 6.61 Å².